The highest BCUT2D eigenvalue weighted by molar-refractivity contribution is 6.05. The van der Waals surface area contributed by atoms with E-state index in [-0.39, 0.29) is 0 Å². The molecule has 2 aromatic heterocycles. The van der Waals surface area contributed by atoms with Crippen LogP contribution in [-0.4, -0.2) is 15.0 Å². The molecule has 3 heteroatoms. The van der Waals surface area contributed by atoms with E-state index in [1.54, 1.807) is 0 Å². The minimum absolute atomic E-state index is 0.422. The summed E-state index contributed by atoms with van der Waals surface area (Å²) in [5.41, 5.74) is 14.4. The number of pyridine rings is 1. The summed E-state index contributed by atoms with van der Waals surface area (Å²) in [6.45, 7) is 0. The molecule has 0 saturated carbocycles. The first-order chi connectivity index (χ1) is 26.3. The van der Waals surface area contributed by atoms with Gasteiger partial charge in [-0.25, -0.2) is 9.97 Å². The van der Waals surface area contributed by atoms with E-state index < -0.39 is 5.41 Å². The van der Waals surface area contributed by atoms with Crippen LogP contribution in [0.15, 0.2) is 200 Å². The van der Waals surface area contributed by atoms with Crippen LogP contribution in [0.5, 0.6) is 0 Å². The molecule has 0 aliphatic heterocycles. The molecule has 0 atom stereocenters. The van der Waals surface area contributed by atoms with Crippen molar-refractivity contribution in [1.29, 1.82) is 0 Å². The van der Waals surface area contributed by atoms with Gasteiger partial charge in [0.25, 0.3) is 0 Å². The highest BCUT2D eigenvalue weighted by Gasteiger charge is 2.45. The molecule has 0 radical (unpaired) electrons. The molecule has 2 heterocycles. The van der Waals surface area contributed by atoms with E-state index in [2.05, 4.69) is 163 Å². The zero-order chi connectivity index (χ0) is 35.2. The maximum absolute atomic E-state index is 5.17. The van der Waals surface area contributed by atoms with Gasteiger partial charge in [-0.3, -0.25) is 4.98 Å². The minimum Gasteiger partial charge on any atom is -0.265 e. The third kappa shape index (κ3) is 5.01. The maximum atomic E-state index is 5.17. The van der Waals surface area contributed by atoms with Crippen molar-refractivity contribution in [2.24, 2.45) is 0 Å². The standard InChI is InChI=1S/C50H33N3/c1-4-14-35(15-5-1)49-52-47(34-28-30-51-31-29-34)33-48(53-49)43-26-25-39(40-20-10-11-21-41(40)43)36-24-27-46-44(32-36)42-22-12-13-23-45(42)50(46,37-16-6-2-7-17-37)38-18-8-3-9-19-38/h1-33H. The van der Waals surface area contributed by atoms with Crippen molar-refractivity contribution < 1.29 is 0 Å². The first kappa shape index (κ1) is 30.8. The highest BCUT2D eigenvalue weighted by Crippen LogP contribution is 2.56. The Morgan fingerprint density at radius 2 is 0.906 bits per heavy atom. The van der Waals surface area contributed by atoms with Gasteiger partial charge >= 0.3 is 0 Å². The number of hydrogen-bond acceptors (Lipinski definition) is 3. The molecule has 0 spiro atoms. The molecule has 1 aliphatic carbocycles. The lowest BCUT2D eigenvalue weighted by Crippen LogP contribution is -2.28. The molecule has 0 N–H and O–H groups in total. The lowest BCUT2D eigenvalue weighted by molar-refractivity contribution is 0.768. The van der Waals surface area contributed by atoms with Crippen molar-refractivity contribution in [2.45, 2.75) is 5.41 Å². The molecule has 0 unspecified atom stereocenters. The Balaban J connectivity index is 1.16. The molecule has 0 bridgehead atoms. The van der Waals surface area contributed by atoms with Crippen LogP contribution >= 0.6 is 0 Å². The fourth-order valence-corrected chi connectivity index (χ4v) is 8.36. The Kier molecular flexibility index (Phi) is 7.36. The number of rotatable bonds is 6. The van der Waals surface area contributed by atoms with Crippen LogP contribution in [0.1, 0.15) is 22.3 Å². The summed E-state index contributed by atoms with van der Waals surface area (Å²) in [5, 5.41) is 2.33. The Bertz CT molecular complexity index is 2660. The summed E-state index contributed by atoms with van der Waals surface area (Å²) in [6, 6.07) is 67.4. The van der Waals surface area contributed by atoms with Crippen molar-refractivity contribution in [2.75, 3.05) is 0 Å². The van der Waals surface area contributed by atoms with Crippen molar-refractivity contribution in [3.05, 3.63) is 223 Å². The average Bonchev–Trinajstić information content (AvgIpc) is 3.55. The van der Waals surface area contributed by atoms with Gasteiger partial charge in [0.15, 0.2) is 5.82 Å². The van der Waals surface area contributed by atoms with Crippen LogP contribution in [0.25, 0.3) is 66.9 Å². The predicted octanol–water partition coefficient (Wildman–Crippen LogP) is 12.1. The maximum Gasteiger partial charge on any atom is 0.160 e. The Hall–Kier alpha value is -6.97. The molecule has 10 rings (SSSR count). The van der Waals surface area contributed by atoms with Gasteiger partial charge in [-0.1, -0.05) is 164 Å². The van der Waals surface area contributed by atoms with Gasteiger partial charge in [-0.05, 0) is 79.5 Å². The number of benzene rings is 7. The first-order valence-electron chi connectivity index (χ1n) is 18.0. The lowest BCUT2D eigenvalue weighted by Gasteiger charge is -2.33. The molecule has 1 aliphatic rings. The summed E-state index contributed by atoms with van der Waals surface area (Å²) >= 11 is 0. The fraction of sp³-hybridized carbons (Fsp3) is 0.0200. The molecule has 248 valence electrons. The van der Waals surface area contributed by atoms with Gasteiger partial charge in [-0.2, -0.15) is 0 Å². The van der Waals surface area contributed by atoms with Crippen molar-refractivity contribution >= 4 is 10.8 Å². The molecule has 0 saturated heterocycles. The van der Waals surface area contributed by atoms with Gasteiger partial charge in [0.1, 0.15) is 0 Å². The molecule has 0 fully saturated rings. The lowest BCUT2D eigenvalue weighted by atomic mass is 9.67. The number of nitrogens with zero attached hydrogens (tertiary/aromatic N) is 3. The monoisotopic (exact) mass is 675 g/mol. The molecular weight excluding hydrogens is 643 g/mol. The van der Waals surface area contributed by atoms with Gasteiger partial charge in [0.2, 0.25) is 0 Å². The van der Waals surface area contributed by atoms with Crippen molar-refractivity contribution in [3.8, 4) is 56.2 Å². The van der Waals surface area contributed by atoms with E-state index in [9.17, 15) is 0 Å². The number of aromatic nitrogens is 3. The quantitative estimate of drug-likeness (QED) is 0.176. The van der Waals surface area contributed by atoms with E-state index in [0.29, 0.717) is 5.82 Å². The normalized spacial score (nSPS) is 12.7. The molecule has 0 amide bonds. The van der Waals surface area contributed by atoms with Gasteiger partial charge in [0.05, 0.1) is 16.8 Å². The van der Waals surface area contributed by atoms with Crippen LogP contribution in [0, 0.1) is 0 Å². The predicted molar refractivity (Wildman–Crippen MR) is 216 cm³/mol. The van der Waals surface area contributed by atoms with Crippen LogP contribution in [-0.2, 0) is 5.41 Å². The van der Waals surface area contributed by atoms with E-state index in [4.69, 9.17) is 9.97 Å². The Morgan fingerprint density at radius 1 is 0.340 bits per heavy atom. The summed E-state index contributed by atoms with van der Waals surface area (Å²) in [7, 11) is 0. The Morgan fingerprint density at radius 3 is 1.62 bits per heavy atom. The average molecular weight is 676 g/mol. The second-order valence-electron chi connectivity index (χ2n) is 13.6. The second kappa shape index (κ2) is 12.7. The van der Waals surface area contributed by atoms with Crippen LogP contribution in [0.3, 0.4) is 0 Å². The third-order valence-corrected chi connectivity index (χ3v) is 10.7. The molecule has 9 aromatic rings. The van der Waals surface area contributed by atoms with Crippen LogP contribution < -0.4 is 0 Å². The number of fused-ring (bicyclic) bond motifs is 4. The van der Waals surface area contributed by atoms with Crippen molar-refractivity contribution in [1.82, 2.24) is 15.0 Å². The minimum atomic E-state index is -0.422. The van der Waals surface area contributed by atoms with Gasteiger partial charge in [-0.15, -0.1) is 0 Å². The van der Waals surface area contributed by atoms with Crippen LogP contribution in [0.2, 0.25) is 0 Å². The van der Waals surface area contributed by atoms with Crippen LogP contribution in [0.4, 0.5) is 0 Å². The van der Waals surface area contributed by atoms with E-state index in [0.717, 1.165) is 33.5 Å². The SMILES string of the molecule is c1ccc(-c2nc(-c3ccncc3)cc(-c3ccc(-c4ccc5c(c4)-c4ccccc4C5(c4ccccc4)c4ccccc4)c4ccccc34)n2)cc1. The summed E-state index contributed by atoms with van der Waals surface area (Å²) in [5.74, 6) is 0.695. The summed E-state index contributed by atoms with van der Waals surface area (Å²) in [4.78, 5) is 14.4. The first-order valence-corrected chi connectivity index (χ1v) is 18.0. The number of hydrogen-bond donors (Lipinski definition) is 0. The van der Waals surface area contributed by atoms with Gasteiger partial charge in [0, 0.05) is 29.1 Å². The highest BCUT2D eigenvalue weighted by atomic mass is 14.9. The molecular formula is C50H33N3. The summed E-state index contributed by atoms with van der Waals surface area (Å²) in [6.07, 6.45) is 3.62. The van der Waals surface area contributed by atoms with E-state index >= 15 is 0 Å². The third-order valence-electron chi connectivity index (χ3n) is 10.7. The van der Waals surface area contributed by atoms with Crippen molar-refractivity contribution in [3.63, 3.8) is 0 Å². The molecule has 53 heavy (non-hydrogen) atoms. The summed E-state index contributed by atoms with van der Waals surface area (Å²) < 4.78 is 0. The zero-order valence-electron chi connectivity index (χ0n) is 28.9. The zero-order valence-corrected chi connectivity index (χ0v) is 28.9. The smallest absolute Gasteiger partial charge is 0.160 e. The largest absolute Gasteiger partial charge is 0.265 e. The van der Waals surface area contributed by atoms with Gasteiger partial charge < -0.3 is 0 Å². The van der Waals surface area contributed by atoms with E-state index in [1.807, 2.05) is 42.7 Å². The Labute approximate surface area is 309 Å². The fourth-order valence-electron chi connectivity index (χ4n) is 8.36. The molecule has 3 nitrogen and oxygen atoms in total. The molecule has 7 aromatic carbocycles. The second-order valence-corrected chi connectivity index (χ2v) is 13.6. The van der Waals surface area contributed by atoms with E-state index in [1.165, 1.54) is 49.9 Å². The topological polar surface area (TPSA) is 38.7 Å².